The average Bonchev–Trinajstić information content (AvgIpc) is 3.26. The second kappa shape index (κ2) is 14.1. The van der Waals surface area contributed by atoms with Gasteiger partial charge in [-0.2, -0.15) is 5.26 Å². The van der Waals surface area contributed by atoms with Gasteiger partial charge in [-0.3, -0.25) is 4.79 Å². The molecule has 6 nitrogen and oxygen atoms in total. The second-order valence-electron chi connectivity index (χ2n) is 10.9. The fraction of sp³-hybridized carbons (Fsp3) is 0.265. The van der Waals surface area contributed by atoms with Crippen molar-refractivity contribution in [1.82, 2.24) is 4.57 Å². The first kappa shape index (κ1) is 32.1. The molecule has 3 aromatic carbocycles. The number of carbonyl (C=O) groups is 1. The summed E-state index contributed by atoms with van der Waals surface area (Å²) in [5.74, 6) is 0.289. The number of hydrogen-bond acceptors (Lipinski definition) is 6. The van der Waals surface area contributed by atoms with Crippen LogP contribution in [0.3, 0.4) is 0 Å². The number of esters is 1. The first-order valence-corrected chi connectivity index (χ1v) is 15.3. The molecule has 0 amide bonds. The number of aromatic nitrogens is 1. The smallest absolute Gasteiger partial charge is 0.311 e. The highest BCUT2D eigenvalue weighted by Gasteiger charge is 2.62. The molecule has 5 rings (SSSR count). The van der Waals surface area contributed by atoms with Crippen molar-refractivity contribution < 1.29 is 14.3 Å². The zero-order valence-electron chi connectivity index (χ0n) is 24.6. The Morgan fingerprint density at radius 1 is 1.07 bits per heavy atom. The van der Waals surface area contributed by atoms with E-state index < -0.39 is 12.1 Å². The van der Waals surface area contributed by atoms with Crippen LogP contribution in [0.2, 0.25) is 0 Å². The summed E-state index contributed by atoms with van der Waals surface area (Å²) in [6.45, 7) is 8.07. The molecule has 1 fully saturated rings. The maximum absolute atomic E-state index is 12.6. The highest BCUT2D eigenvalue weighted by Crippen LogP contribution is 2.60. The Balaban J connectivity index is 0.000000237. The number of ether oxygens (including phenoxy) is 2. The van der Waals surface area contributed by atoms with E-state index >= 15 is 0 Å². The Hall–Kier alpha value is -3.83. The summed E-state index contributed by atoms with van der Waals surface area (Å²) in [6, 6.07) is 24.6. The van der Waals surface area contributed by atoms with Gasteiger partial charge in [-0.25, -0.2) is 4.99 Å². The molecule has 0 spiro atoms. The molecule has 3 unspecified atom stereocenters. The lowest BCUT2D eigenvalue weighted by Crippen LogP contribution is -2.14. The van der Waals surface area contributed by atoms with Gasteiger partial charge in [0.25, 0.3) is 0 Å². The number of benzene rings is 3. The van der Waals surface area contributed by atoms with E-state index in [1.165, 1.54) is 11.1 Å². The van der Waals surface area contributed by atoms with Crippen LogP contribution >= 0.6 is 34.5 Å². The van der Waals surface area contributed by atoms with Crippen LogP contribution in [0.1, 0.15) is 36.6 Å². The van der Waals surface area contributed by atoms with Gasteiger partial charge in [-0.1, -0.05) is 85.1 Å². The van der Waals surface area contributed by atoms with Gasteiger partial charge >= 0.3 is 5.97 Å². The number of aryl methyl sites for hydroxylation is 3. The third kappa shape index (κ3) is 8.39. The van der Waals surface area contributed by atoms with Crippen LogP contribution in [0.25, 0.3) is 0 Å². The van der Waals surface area contributed by atoms with Gasteiger partial charge in [0.15, 0.2) is 4.80 Å². The zero-order valence-corrected chi connectivity index (χ0v) is 27.0. The summed E-state index contributed by atoms with van der Waals surface area (Å²) >= 11 is 13.1. The number of thiazole rings is 1. The highest BCUT2D eigenvalue weighted by molar-refractivity contribution is 7.07. The summed E-state index contributed by atoms with van der Waals surface area (Å²) in [4.78, 5) is 18.3. The molecule has 1 aliphatic carbocycles. The summed E-state index contributed by atoms with van der Waals surface area (Å²) in [6.07, 6.45) is 2.64. The molecular weight excluding hydrogens is 601 g/mol. The molecule has 0 saturated heterocycles. The maximum atomic E-state index is 12.6. The van der Waals surface area contributed by atoms with Gasteiger partial charge in [0.1, 0.15) is 22.1 Å². The van der Waals surface area contributed by atoms with E-state index in [9.17, 15) is 10.1 Å². The van der Waals surface area contributed by atoms with Crippen molar-refractivity contribution in [3.8, 4) is 17.6 Å². The minimum absolute atomic E-state index is 0.114. The fourth-order valence-corrected chi connectivity index (χ4v) is 5.78. The van der Waals surface area contributed by atoms with Crippen LogP contribution in [0.4, 0.5) is 5.69 Å². The maximum Gasteiger partial charge on any atom is 0.311 e. The highest BCUT2D eigenvalue weighted by atomic mass is 35.5. The van der Waals surface area contributed by atoms with Crippen molar-refractivity contribution in [2.45, 2.75) is 33.8 Å². The van der Waals surface area contributed by atoms with Gasteiger partial charge in [0.05, 0.1) is 11.6 Å². The van der Waals surface area contributed by atoms with Gasteiger partial charge in [-0.15, -0.1) is 11.3 Å². The predicted octanol–water partition coefficient (Wildman–Crippen LogP) is 9.11. The monoisotopic (exact) mass is 633 g/mol. The van der Waals surface area contributed by atoms with E-state index in [0.29, 0.717) is 17.1 Å². The van der Waals surface area contributed by atoms with Gasteiger partial charge in [-0.05, 0) is 67.2 Å². The standard InChI is InChI=1S/C22H19Cl2NO3.C12H14N2S/c1-22(2)17(12-19(23)24)20(22)21(26)28-18(13-25)14-7-6-10-16(11-14)27-15-8-4-3-5-9-15;1-9-4-5-11(10(2)8-9)13-12-14(3)6-7-15-12/h3-12,17-18,20H,1-2H3;4-8H,1-3H3/b;13-12-. The van der Waals surface area contributed by atoms with E-state index in [1.54, 1.807) is 41.7 Å². The van der Waals surface area contributed by atoms with Crippen LogP contribution in [0.15, 0.2) is 99.9 Å². The molecule has 1 aromatic heterocycles. The fourth-order valence-electron chi connectivity index (χ4n) is 4.77. The molecule has 9 heteroatoms. The molecule has 1 saturated carbocycles. The lowest BCUT2D eigenvalue weighted by molar-refractivity contribution is -0.149. The molecule has 0 radical (unpaired) electrons. The van der Waals surface area contributed by atoms with Crippen molar-refractivity contribution in [2.24, 2.45) is 29.3 Å². The number of nitrogens with zero attached hydrogens (tertiary/aromatic N) is 3. The first-order valence-electron chi connectivity index (χ1n) is 13.7. The molecule has 0 bridgehead atoms. The minimum atomic E-state index is -1.03. The van der Waals surface area contributed by atoms with Crippen LogP contribution < -0.4 is 9.54 Å². The van der Waals surface area contributed by atoms with E-state index in [2.05, 4.69) is 37.0 Å². The molecular formula is C34H33Cl2N3O3S. The van der Waals surface area contributed by atoms with E-state index in [-0.39, 0.29) is 21.7 Å². The Labute approximate surface area is 266 Å². The molecule has 222 valence electrons. The Kier molecular flexibility index (Phi) is 10.5. The Morgan fingerprint density at radius 3 is 2.42 bits per heavy atom. The van der Waals surface area contributed by atoms with Crippen molar-refractivity contribution in [3.63, 3.8) is 0 Å². The number of rotatable bonds is 7. The molecule has 1 aliphatic rings. The van der Waals surface area contributed by atoms with Crippen molar-refractivity contribution in [2.75, 3.05) is 0 Å². The molecule has 0 aliphatic heterocycles. The molecule has 3 atom stereocenters. The van der Waals surface area contributed by atoms with E-state index in [0.717, 1.165) is 10.5 Å². The van der Waals surface area contributed by atoms with Crippen molar-refractivity contribution >= 4 is 46.2 Å². The molecule has 1 heterocycles. The topological polar surface area (TPSA) is 76.6 Å². The van der Waals surface area contributed by atoms with Crippen LogP contribution in [-0.2, 0) is 16.6 Å². The first-order chi connectivity index (χ1) is 20.5. The van der Waals surface area contributed by atoms with Gasteiger partial charge in [0, 0.05) is 24.2 Å². The van der Waals surface area contributed by atoms with Crippen LogP contribution in [0, 0.1) is 42.4 Å². The van der Waals surface area contributed by atoms with E-state index in [1.807, 2.05) is 73.4 Å². The Bertz CT molecular complexity index is 1720. The summed E-state index contributed by atoms with van der Waals surface area (Å²) in [5, 5.41) is 11.6. The minimum Gasteiger partial charge on any atom is -0.457 e. The molecule has 0 N–H and O–H groups in total. The predicted molar refractivity (Wildman–Crippen MR) is 172 cm³/mol. The van der Waals surface area contributed by atoms with Gasteiger partial charge < -0.3 is 14.0 Å². The third-order valence-corrected chi connectivity index (χ3v) is 8.39. The zero-order chi connectivity index (χ0) is 31.1. The Morgan fingerprint density at radius 2 is 1.79 bits per heavy atom. The van der Waals surface area contributed by atoms with E-state index in [4.69, 9.17) is 32.7 Å². The number of carbonyl (C=O) groups excluding carboxylic acids is 1. The normalized spacial score (nSPS) is 17.5. The lowest BCUT2D eigenvalue weighted by atomic mass is 10.1. The third-order valence-electron chi connectivity index (χ3n) is 7.29. The molecule has 4 aromatic rings. The van der Waals surface area contributed by atoms with Crippen molar-refractivity contribution in [3.05, 3.63) is 116 Å². The second-order valence-corrected chi connectivity index (χ2v) is 12.8. The SMILES string of the molecule is CC1(C)C(C=C(Cl)Cl)C1C(=O)OC(C#N)c1cccc(Oc2ccccc2)c1.Cc1ccc(/N=c2\sccn2C)c(C)c1. The van der Waals surface area contributed by atoms with Gasteiger partial charge in [0.2, 0.25) is 6.10 Å². The number of halogens is 2. The number of allylic oxidation sites excluding steroid dienone is 1. The van der Waals surface area contributed by atoms with Crippen LogP contribution in [-0.4, -0.2) is 10.5 Å². The number of para-hydroxylation sites is 1. The lowest BCUT2D eigenvalue weighted by Gasteiger charge is -2.13. The van der Waals surface area contributed by atoms with Crippen LogP contribution in [0.5, 0.6) is 11.5 Å². The molecule has 43 heavy (non-hydrogen) atoms. The summed E-state index contributed by atoms with van der Waals surface area (Å²) in [5.41, 5.74) is 3.79. The number of nitriles is 1. The average molecular weight is 635 g/mol. The summed E-state index contributed by atoms with van der Waals surface area (Å²) < 4.78 is 13.4. The quantitative estimate of drug-likeness (QED) is 0.190. The van der Waals surface area contributed by atoms with Crippen molar-refractivity contribution in [1.29, 1.82) is 5.26 Å². The summed E-state index contributed by atoms with van der Waals surface area (Å²) in [7, 11) is 2.01. The largest absolute Gasteiger partial charge is 0.457 e. The number of hydrogen-bond donors (Lipinski definition) is 0.